The summed E-state index contributed by atoms with van der Waals surface area (Å²) in [5.74, 6) is -1.32. The summed E-state index contributed by atoms with van der Waals surface area (Å²) in [6.45, 7) is 1.59. The van der Waals surface area contributed by atoms with Gasteiger partial charge < -0.3 is 15.8 Å². The fraction of sp³-hybridized carbons (Fsp3) is 0.0588. The predicted molar refractivity (Wildman–Crippen MR) is 95.8 cm³/mol. The van der Waals surface area contributed by atoms with Gasteiger partial charge in [0, 0.05) is 5.56 Å². The lowest BCUT2D eigenvalue weighted by Gasteiger charge is -1.98. The van der Waals surface area contributed by atoms with E-state index in [9.17, 15) is 14.4 Å². The third-order valence-electron chi connectivity index (χ3n) is 3.62. The molecule has 0 aliphatic carbocycles. The first-order chi connectivity index (χ1) is 11.9. The number of thiophene rings is 1. The van der Waals surface area contributed by atoms with Crippen molar-refractivity contribution in [1.82, 2.24) is 9.97 Å². The van der Waals surface area contributed by atoms with Gasteiger partial charge in [0.25, 0.3) is 5.56 Å². The van der Waals surface area contributed by atoms with E-state index in [-0.39, 0.29) is 10.3 Å². The highest BCUT2D eigenvalue weighted by Gasteiger charge is 2.18. The Morgan fingerprint density at radius 1 is 1.32 bits per heavy atom. The zero-order valence-corrected chi connectivity index (χ0v) is 13.9. The van der Waals surface area contributed by atoms with Gasteiger partial charge in [0.2, 0.25) is 5.91 Å². The van der Waals surface area contributed by atoms with Crippen LogP contribution in [0.4, 0.5) is 0 Å². The van der Waals surface area contributed by atoms with E-state index >= 15 is 0 Å². The molecule has 2 aromatic heterocycles. The molecule has 0 atom stereocenters. The first-order valence-corrected chi connectivity index (χ1v) is 8.03. The van der Waals surface area contributed by atoms with Gasteiger partial charge in [0.15, 0.2) is 0 Å². The van der Waals surface area contributed by atoms with Crippen molar-refractivity contribution in [2.45, 2.75) is 6.92 Å². The van der Waals surface area contributed by atoms with Crippen molar-refractivity contribution in [2.75, 3.05) is 0 Å². The molecule has 25 heavy (non-hydrogen) atoms. The molecule has 3 rings (SSSR count). The van der Waals surface area contributed by atoms with Gasteiger partial charge in [0.05, 0.1) is 5.39 Å². The number of benzene rings is 1. The van der Waals surface area contributed by atoms with Crippen molar-refractivity contribution >= 4 is 45.6 Å². The summed E-state index contributed by atoms with van der Waals surface area (Å²) < 4.78 is 0. The quantitative estimate of drug-likeness (QED) is 0.662. The van der Waals surface area contributed by atoms with E-state index in [2.05, 4.69) is 9.97 Å². The van der Waals surface area contributed by atoms with Crippen molar-refractivity contribution in [3.63, 3.8) is 0 Å². The van der Waals surface area contributed by atoms with Crippen LogP contribution in [0.1, 0.15) is 37.0 Å². The van der Waals surface area contributed by atoms with Gasteiger partial charge in [0.1, 0.15) is 15.5 Å². The van der Waals surface area contributed by atoms with Gasteiger partial charge in [-0.3, -0.25) is 9.59 Å². The fourth-order valence-corrected chi connectivity index (χ4v) is 3.44. The van der Waals surface area contributed by atoms with Crippen molar-refractivity contribution in [1.29, 1.82) is 0 Å². The Morgan fingerprint density at radius 3 is 2.76 bits per heavy atom. The molecule has 3 aromatic rings. The van der Waals surface area contributed by atoms with Crippen LogP contribution in [0.15, 0.2) is 29.1 Å². The van der Waals surface area contributed by atoms with Gasteiger partial charge in [-0.25, -0.2) is 9.78 Å². The fourth-order valence-electron chi connectivity index (χ4n) is 2.41. The first kappa shape index (κ1) is 16.6. The molecule has 1 amide bonds. The Morgan fingerprint density at radius 2 is 2.08 bits per heavy atom. The smallest absolute Gasteiger partial charge is 0.346 e. The topological polar surface area (TPSA) is 126 Å². The Labute approximate surface area is 145 Å². The number of nitrogens with one attached hydrogen (secondary N) is 1. The zero-order valence-electron chi connectivity index (χ0n) is 13.1. The number of aromatic amines is 1. The molecule has 0 fully saturated rings. The average Bonchev–Trinajstić information content (AvgIpc) is 2.90. The first-order valence-electron chi connectivity index (χ1n) is 7.21. The van der Waals surface area contributed by atoms with Gasteiger partial charge in [-0.15, -0.1) is 11.3 Å². The number of carbonyl (C=O) groups is 2. The number of nitrogens with zero attached hydrogens (tertiary/aromatic N) is 1. The maximum Gasteiger partial charge on any atom is 0.346 e. The number of carboxylic acid groups (broad SMARTS) is 1. The van der Waals surface area contributed by atoms with Crippen LogP contribution in [0.5, 0.6) is 0 Å². The summed E-state index contributed by atoms with van der Waals surface area (Å²) in [6.07, 6.45) is 3.26. The van der Waals surface area contributed by atoms with Crippen LogP contribution in [-0.4, -0.2) is 27.0 Å². The molecule has 7 nitrogen and oxygen atoms in total. The molecule has 0 saturated heterocycles. The maximum atomic E-state index is 12.2. The van der Waals surface area contributed by atoms with E-state index in [0.29, 0.717) is 27.3 Å². The molecule has 0 aliphatic rings. The number of aromatic nitrogens is 2. The van der Waals surface area contributed by atoms with E-state index in [1.807, 2.05) is 0 Å². The highest BCUT2D eigenvalue weighted by atomic mass is 32.1. The second kappa shape index (κ2) is 6.33. The van der Waals surface area contributed by atoms with Crippen LogP contribution in [0.2, 0.25) is 0 Å². The largest absolute Gasteiger partial charge is 0.477 e. The number of aromatic carboxylic acids is 1. The molecule has 4 N–H and O–H groups in total. The van der Waals surface area contributed by atoms with E-state index in [0.717, 1.165) is 11.3 Å². The number of H-pyrrole nitrogens is 1. The number of carbonyl (C=O) groups excluding carboxylic acids is 1. The number of fused-ring (bicyclic) bond motifs is 1. The lowest BCUT2D eigenvalue weighted by molar-refractivity contribution is 0.0701. The van der Waals surface area contributed by atoms with E-state index in [1.54, 1.807) is 43.3 Å². The second-order valence-corrected chi connectivity index (χ2v) is 6.31. The van der Waals surface area contributed by atoms with Crippen LogP contribution in [0.3, 0.4) is 0 Å². The SMILES string of the molecule is Cc1c(C(=O)O)sc2nc(/C=C/c3cccc(C(N)=O)c3)[nH]c(=O)c12. The van der Waals surface area contributed by atoms with Crippen LogP contribution in [-0.2, 0) is 0 Å². The number of nitrogens with two attached hydrogens (primary N) is 1. The number of aryl methyl sites for hydroxylation is 1. The Balaban J connectivity index is 2.02. The molecule has 1 aromatic carbocycles. The summed E-state index contributed by atoms with van der Waals surface area (Å²) in [5.41, 5.74) is 6.35. The van der Waals surface area contributed by atoms with E-state index < -0.39 is 17.4 Å². The number of primary amides is 1. The second-order valence-electron chi connectivity index (χ2n) is 5.32. The molecule has 0 aliphatic heterocycles. The van der Waals surface area contributed by atoms with Crippen LogP contribution < -0.4 is 11.3 Å². The molecule has 0 radical (unpaired) electrons. The lowest BCUT2D eigenvalue weighted by atomic mass is 10.1. The Bertz CT molecular complexity index is 1090. The maximum absolute atomic E-state index is 12.2. The van der Waals surface area contributed by atoms with E-state index in [1.165, 1.54) is 0 Å². The minimum absolute atomic E-state index is 0.100. The normalized spacial score (nSPS) is 11.2. The minimum Gasteiger partial charge on any atom is -0.477 e. The van der Waals surface area contributed by atoms with Crippen LogP contribution >= 0.6 is 11.3 Å². The third-order valence-corrected chi connectivity index (χ3v) is 4.79. The van der Waals surface area contributed by atoms with Gasteiger partial charge in [-0.2, -0.15) is 0 Å². The summed E-state index contributed by atoms with van der Waals surface area (Å²) >= 11 is 0.963. The highest BCUT2D eigenvalue weighted by molar-refractivity contribution is 7.20. The molecular weight excluding hydrogens is 342 g/mol. The van der Waals surface area contributed by atoms with Crippen molar-refractivity contribution < 1.29 is 14.7 Å². The van der Waals surface area contributed by atoms with Gasteiger partial charge in [-0.05, 0) is 36.3 Å². The van der Waals surface area contributed by atoms with Gasteiger partial charge in [-0.1, -0.05) is 18.2 Å². The highest BCUT2D eigenvalue weighted by Crippen LogP contribution is 2.26. The molecule has 0 unspecified atom stereocenters. The summed E-state index contributed by atoms with van der Waals surface area (Å²) in [4.78, 5) is 42.0. The van der Waals surface area contributed by atoms with Crippen LogP contribution in [0, 0.1) is 6.92 Å². The minimum atomic E-state index is -1.08. The number of hydrogen-bond acceptors (Lipinski definition) is 5. The van der Waals surface area contributed by atoms with Gasteiger partial charge >= 0.3 is 5.97 Å². The average molecular weight is 355 g/mol. The number of carboxylic acids is 1. The van der Waals surface area contributed by atoms with Crippen molar-refractivity contribution in [3.05, 3.63) is 62.0 Å². The lowest BCUT2D eigenvalue weighted by Crippen LogP contribution is -2.10. The third kappa shape index (κ3) is 3.20. The summed E-state index contributed by atoms with van der Waals surface area (Å²) in [7, 11) is 0. The number of rotatable bonds is 4. The van der Waals surface area contributed by atoms with E-state index in [4.69, 9.17) is 10.8 Å². The monoisotopic (exact) mass is 355 g/mol. The molecule has 126 valence electrons. The molecule has 8 heteroatoms. The number of amides is 1. The standard InChI is InChI=1S/C17H13N3O4S/c1-8-12-15(22)19-11(20-16(12)25-13(8)17(23)24)6-5-9-3-2-4-10(7-9)14(18)21/h2-7H,1H3,(H2,18,21)(H,23,24)(H,19,20,22)/b6-5+. The Kier molecular flexibility index (Phi) is 4.20. The molecule has 0 spiro atoms. The molecule has 2 heterocycles. The summed E-state index contributed by atoms with van der Waals surface area (Å²) in [5, 5.41) is 9.46. The van der Waals surface area contributed by atoms with Crippen molar-refractivity contribution in [2.24, 2.45) is 5.73 Å². The molecule has 0 saturated carbocycles. The van der Waals surface area contributed by atoms with Crippen LogP contribution in [0.25, 0.3) is 22.4 Å². The Hall–Kier alpha value is -3.26. The molecule has 0 bridgehead atoms. The predicted octanol–water partition coefficient (Wildman–Crippen LogP) is 2.26. The zero-order chi connectivity index (χ0) is 18.1. The molecular formula is C17H13N3O4S. The van der Waals surface area contributed by atoms with Crippen molar-refractivity contribution in [3.8, 4) is 0 Å². The number of hydrogen-bond donors (Lipinski definition) is 3. The summed E-state index contributed by atoms with van der Waals surface area (Å²) in [6, 6.07) is 6.69.